The zero-order chi connectivity index (χ0) is 11.5. The molecule has 2 aliphatic rings. The monoisotopic (exact) mass is 244 g/mol. The molecule has 1 saturated heterocycles. The summed E-state index contributed by atoms with van der Waals surface area (Å²) in [7, 11) is 0. The van der Waals surface area contributed by atoms with Gasteiger partial charge in [-0.05, 0) is 12.8 Å². The van der Waals surface area contributed by atoms with E-state index >= 15 is 0 Å². The number of thioether (sulfide) groups is 1. The molecule has 0 aromatic rings. The first-order valence-corrected chi connectivity index (χ1v) is 6.40. The van der Waals surface area contributed by atoms with E-state index in [1.54, 1.807) is 0 Å². The van der Waals surface area contributed by atoms with Crippen LogP contribution in [0.2, 0.25) is 0 Å². The normalized spacial score (nSPS) is 29.7. The van der Waals surface area contributed by atoms with Crippen molar-refractivity contribution < 1.29 is 9.59 Å². The lowest BCUT2D eigenvalue weighted by Crippen LogP contribution is -2.58. The number of amides is 2. The summed E-state index contributed by atoms with van der Waals surface area (Å²) in [5, 5.41) is 8.61. The molecule has 0 radical (unpaired) electrons. The molecule has 1 aliphatic carbocycles. The predicted molar refractivity (Wildman–Crippen MR) is 61.3 cm³/mol. The topological polar surface area (TPSA) is 96.2 Å². The number of carbonyl (C=O) groups is 2. The number of hydrogen-bond acceptors (Lipinski definition) is 5. The smallest absolute Gasteiger partial charge is 0.230 e. The molecular weight excluding hydrogens is 228 g/mol. The van der Waals surface area contributed by atoms with Crippen LogP contribution in [0.3, 0.4) is 0 Å². The van der Waals surface area contributed by atoms with Crippen LogP contribution >= 0.6 is 11.8 Å². The minimum atomic E-state index is -0.322. The van der Waals surface area contributed by atoms with Crippen LogP contribution in [0.1, 0.15) is 19.3 Å². The first-order valence-electron chi connectivity index (χ1n) is 5.35. The van der Waals surface area contributed by atoms with E-state index in [4.69, 9.17) is 5.73 Å². The Kier molecular flexibility index (Phi) is 3.67. The third kappa shape index (κ3) is 3.66. The molecule has 0 aromatic heterocycles. The lowest BCUT2D eigenvalue weighted by Gasteiger charge is -2.28. The van der Waals surface area contributed by atoms with E-state index in [-0.39, 0.29) is 29.9 Å². The third-order valence-electron chi connectivity index (χ3n) is 2.39. The molecule has 2 unspecified atom stereocenters. The molecule has 0 aromatic carbocycles. The SMILES string of the molecule is NC1CC(=O)NC(SCC(=O)NC2CC2)N1. The van der Waals surface area contributed by atoms with Crippen molar-refractivity contribution in [3.8, 4) is 0 Å². The Morgan fingerprint density at radius 3 is 2.94 bits per heavy atom. The van der Waals surface area contributed by atoms with Gasteiger partial charge in [0, 0.05) is 6.04 Å². The molecule has 1 saturated carbocycles. The Labute approximate surface area is 98.1 Å². The van der Waals surface area contributed by atoms with E-state index in [9.17, 15) is 9.59 Å². The summed E-state index contributed by atoms with van der Waals surface area (Å²) in [6, 6.07) is 0.379. The summed E-state index contributed by atoms with van der Waals surface area (Å²) in [5.74, 6) is 0.273. The van der Waals surface area contributed by atoms with Gasteiger partial charge < -0.3 is 16.4 Å². The number of rotatable bonds is 4. The minimum absolute atomic E-state index is 0.0164. The molecule has 90 valence electrons. The van der Waals surface area contributed by atoms with Gasteiger partial charge in [-0.15, -0.1) is 11.8 Å². The van der Waals surface area contributed by atoms with Crippen LogP contribution in [0.25, 0.3) is 0 Å². The first kappa shape index (κ1) is 11.7. The Balaban J connectivity index is 1.67. The lowest BCUT2D eigenvalue weighted by molar-refractivity contribution is -0.123. The Morgan fingerprint density at radius 2 is 2.31 bits per heavy atom. The van der Waals surface area contributed by atoms with Gasteiger partial charge in [0.1, 0.15) is 5.50 Å². The van der Waals surface area contributed by atoms with E-state index in [1.165, 1.54) is 11.8 Å². The number of hydrogen-bond donors (Lipinski definition) is 4. The van der Waals surface area contributed by atoms with Crippen LogP contribution in [0.4, 0.5) is 0 Å². The van der Waals surface area contributed by atoms with Crippen molar-refractivity contribution in [3.05, 3.63) is 0 Å². The Morgan fingerprint density at radius 1 is 1.56 bits per heavy atom. The van der Waals surface area contributed by atoms with Crippen molar-refractivity contribution in [3.63, 3.8) is 0 Å². The molecule has 2 rings (SSSR count). The highest BCUT2D eigenvalue weighted by molar-refractivity contribution is 8.00. The van der Waals surface area contributed by atoms with Crippen molar-refractivity contribution in [2.75, 3.05) is 5.75 Å². The van der Waals surface area contributed by atoms with Gasteiger partial charge in [0.25, 0.3) is 0 Å². The zero-order valence-corrected chi connectivity index (χ0v) is 9.68. The second-order valence-electron chi connectivity index (χ2n) is 4.08. The van der Waals surface area contributed by atoms with Gasteiger partial charge in [-0.2, -0.15) is 0 Å². The molecule has 1 aliphatic heterocycles. The summed E-state index contributed by atoms with van der Waals surface area (Å²) in [6.07, 6.45) is 2.13. The molecule has 2 atom stereocenters. The quantitative estimate of drug-likeness (QED) is 0.492. The van der Waals surface area contributed by atoms with E-state index in [0.29, 0.717) is 11.8 Å². The average Bonchev–Trinajstić information content (AvgIpc) is 2.97. The second kappa shape index (κ2) is 5.03. The summed E-state index contributed by atoms with van der Waals surface area (Å²) in [4.78, 5) is 22.6. The summed E-state index contributed by atoms with van der Waals surface area (Å²) >= 11 is 1.35. The molecule has 7 heteroatoms. The van der Waals surface area contributed by atoms with E-state index in [0.717, 1.165) is 12.8 Å². The lowest BCUT2D eigenvalue weighted by atomic mass is 10.3. The molecule has 16 heavy (non-hydrogen) atoms. The van der Waals surface area contributed by atoms with Gasteiger partial charge in [-0.1, -0.05) is 0 Å². The van der Waals surface area contributed by atoms with Gasteiger partial charge in [0.05, 0.1) is 18.3 Å². The van der Waals surface area contributed by atoms with Crippen LogP contribution in [0.5, 0.6) is 0 Å². The Bertz CT molecular complexity index is 295. The maximum atomic E-state index is 11.4. The first-order chi connectivity index (χ1) is 7.63. The summed E-state index contributed by atoms with van der Waals surface area (Å²) in [6.45, 7) is 0. The van der Waals surface area contributed by atoms with Gasteiger partial charge in [0.15, 0.2) is 0 Å². The van der Waals surface area contributed by atoms with Crippen molar-refractivity contribution >= 4 is 23.6 Å². The highest BCUT2D eigenvalue weighted by atomic mass is 32.2. The summed E-state index contributed by atoms with van der Waals surface area (Å²) in [5.41, 5.74) is 5.36. The van der Waals surface area contributed by atoms with Crippen molar-refractivity contribution in [1.29, 1.82) is 0 Å². The van der Waals surface area contributed by atoms with Gasteiger partial charge in [-0.25, -0.2) is 0 Å². The minimum Gasteiger partial charge on any atom is -0.353 e. The van der Waals surface area contributed by atoms with Crippen LogP contribution < -0.4 is 21.7 Å². The predicted octanol–water partition coefficient (Wildman–Crippen LogP) is -1.32. The highest BCUT2D eigenvalue weighted by Gasteiger charge is 2.26. The maximum absolute atomic E-state index is 11.4. The Hall–Kier alpha value is -0.790. The van der Waals surface area contributed by atoms with Crippen molar-refractivity contribution in [2.45, 2.75) is 37.0 Å². The van der Waals surface area contributed by atoms with Gasteiger partial charge >= 0.3 is 0 Å². The number of nitrogens with two attached hydrogens (primary N) is 1. The summed E-state index contributed by atoms with van der Waals surface area (Å²) < 4.78 is 0. The molecule has 2 amide bonds. The molecule has 2 fully saturated rings. The van der Waals surface area contributed by atoms with Gasteiger partial charge in [0.2, 0.25) is 11.8 Å². The van der Waals surface area contributed by atoms with Gasteiger partial charge in [-0.3, -0.25) is 14.9 Å². The standard InChI is InChI=1S/C9H16N4O2S/c10-6-3-7(14)13-9(12-6)16-4-8(15)11-5-1-2-5/h5-6,9,12H,1-4,10H2,(H,11,15)(H,13,14). The zero-order valence-electron chi connectivity index (χ0n) is 8.86. The highest BCUT2D eigenvalue weighted by Crippen LogP contribution is 2.19. The molecule has 0 spiro atoms. The average molecular weight is 244 g/mol. The van der Waals surface area contributed by atoms with E-state index in [1.807, 2.05) is 0 Å². The number of nitrogens with one attached hydrogen (secondary N) is 3. The second-order valence-corrected chi connectivity index (χ2v) is 5.17. The fourth-order valence-corrected chi connectivity index (χ4v) is 2.33. The van der Waals surface area contributed by atoms with Crippen molar-refractivity contribution in [1.82, 2.24) is 16.0 Å². The van der Waals surface area contributed by atoms with Crippen LogP contribution in [0.15, 0.2) is 0 Å². The third-order valence-corrected chi connectivity index (χ3v) is 3.40. The van der Waals surface area contributed by atoms with Crippen LogP contribution in [0, 0.1) is 0 Å². The maximum Gasteiger partial charge on any atom is 0.230 e. The van der Waals surface area contributed by atoms with E-state index < -0.39 is 0 Å². The fourth-order valence-electron chi connectivity index (χ4n) is 1.45. The molecule has 1 heterocycles. The molecular formula is C9H16N4O2S. The molecule has 5 N–H and O–H groups in total. The molecule has 6 nitrogen and oxygen atoms in total. The van der Waals surface area contributed by atoms with Crippen LogP contribution in [-0.4, -0.2) is 35.3 Å². The number of carbonyl (C=O) groups excluding carboxylic acids is 2. The van der Waals surface area contributed by atoms with Crippen LogP contribution in [-0.2, 0) is 9.59 Å². The largest absolute Gasteiger partial charge is 0.353 e. The fraction of sp³-hybridized carbons (Fsp3) is 0.778. The molecule has 0 bridgehead atoms. The van der Waals surface area contributed by atoms with E-state index in [2.05, 4.69) is 16.0 Å². The van der Waals surface area contributed by atoms with Crippen molar-refractivity contribution in [2.24, 2.45) is 5.73 Å².